The third-order valence-electron chi connectivity index (χ3n) is 5.22. The van der Waals surface area contributed by atoms with Crippen molar-refractivity contribution in [3.8, 4) is 0 Å². The molecular weight excluding hydrogens is 314 g/mol. The molecule has 1 aliphatic carbocycles. The standard InChI is InChI=1S/C13H25NO9/c14-11(18)10(17,8-4-2-1-3-5-8)23-9(6-15,7-16)12(19,20)13(11,21)22/h8,15-22H,1-7,14H2/t10?,11-/m0/s1. The Morgan fingerprint density at radius 2 is 1.30 bits per heavy atom. The van der Waals surface area contributed by atoms with Gasteiger partial charge in [0.15, 0.2) is 5.60 Å². The molecule has 2 aliphatic rings. The molecule has 1 saturated heterocycles. The molecule has 1 heterocycles. The normalized spacial score (nSPS) is 40.0. The molecule has 1 saturated carbocycles. The summed E-state index contributed by atoms with van der Waals surface area (Å²) in [6.45, 7) is -2.57. The van der Waals surface area contributed by atoms with E-state index in [2.05, 4.69) is 0 Å². The van der Waals surface area contributed by atoms with Crippen molar-refractivity contribution >= 4 is 0 Å². The molecule has 0 bridgehead atoms. The maximum Gasteiger partial charge on any atom is 0.271 e. The van der Waals surface area contributed by atoms with E-state index in [4.69, 9.17) is 10.5 Å². The van der Waals surface area contributed by atoms with E-state index in [0.717, 1.165) is 6.42 Å². The summed E-state index contributed by atoms with van der Waals surface area (Å²) < 4.78 is 5.13. The van der Waals surface area contributed by atoms with E-state index in [-0.39, 0.29) is 0 Å². The molecule has 136 valence electrons. The van der Waals surface area contributed by atoms with E-state index >= 15 is 0 Å². The first-order valence-electron chi connectivity index (χ1n) is 7.48. The van der Waals surface area contributed by atoms with Gasteiger partial charge in [0.25, 0.3) is 11.6 Å². The summed E-state index contributed by atoms with van der Waals surface area (Å²) in [5.74, 6) is -11.4. The van der Waals surface area contributed by atoms with Crippen LogP contribution >= 0.6 is 0 Å². The zero-order valence-corrected chi connectivity index (χ0v) is 12.6. The highest BCUT2D eigenvalue weighted by molar-refractivity contribution is 5.18. The predicted octanol–water partition coefficient (Wildman–Crippen LogP) is -3.98. The second-order valence-corrected chi connectivity index (χ2v) is 6.55. The first-order chi connectivity index (χ1) is 10.4. The highest BCUT2D eigenvalue weighted by Crippen LogP contribution is 2.53. The molecule has 1 unspecified atom stereocenters. The number of aliphatic hydroxyl groups excluding tert-OH is 2. The minimum atomic E-state index is -3.91. The average molecular weight is 339 g/mol. The first kappa shape index (κ1) is 18.9. The third-order valence-corrected chi connectivity index (χ3v) is 5.22. The summed E-state index contributed by atoms with van der Waals surface area (Å²) in [6.07, 6.45) is 2.76. The second-order valence-electron chi connectivity index (χ2n) is 6.55. The van der Waals surface area contributed by atoms with Gasteiger partial charge in [-0.05, 0) is 12.8 Å². The molecule has 2 atom stereocenters. The van der Waals surface area contributed by atoms with Gasteiger partial charge in [0.2, 0.25) is 11.5 Å². The summed E-state index contributed by atoms with van der Waals surface area (Å²) in [7, 11) is 0. The lowest BCUT2D eigenvalue weighted by Crippen LogP contribution is -2.92. The van der Waals surface area contributed by atoms with Crippen LogP contribution in [0.5, 0.6) is 0 Å². The van der Waals surface area contributed by atoms with Crippen LogP contribution in [0.2, 0.25) is 0 Å². The lowest BCUT2D eigenvalue weighted by molar-refractivity contribution is -0.555. The average Bonchev–Trinajstić information content (AvgIpc) is 2.51. The van der Waals surface area contributed by atoms with Crippen LogP contribution in [-0.4, -0.2) is 82.8 Å². The van der Waals surface area contributed by atoms with E-state index in [1.807, 2.05) is 0 Å². The van der Waals surface area contributed by atoms with Crippen molar-refractivity contribution in [3.05, 3.63) is 0 Å². The molecule has 2 fully saturated rings. The maximum absolute atomic E-state index is 10.8. The van der Waals surface area contributed by atoms with Crippen molar-refractivity contribution in [1.82, 2.24) is 0 Å². The topological polar surface area (TPSA) is 197 Å². The van der Waals surface area contributed by atoms with Gasteiger partial charge in [-0.3, -0.25) is 5.73 Å². The summed E-state index contributed by atoms with van der Waals surface area (Å²) in [5, 5.41) is 80.4. The highest BCUT2D eigenvalue weighted by Gasteiger charge is 2.82. The van der Waals surface area contributed by atoms with Crippen molar-refractivity contribution in [2.45, 2.75) is 60.8 Å². The fourth-order valence-corrected chi connectivity index (χ4v) is 3.50. The van der Waals surface area contributed by atoms with Gasteiger partial charge in [-0.2, -0.15) is 0 Å². The third kappa shape index (κ3) is 2.19. The number of rotatable bonds is 3. The van der Waals surface area contributed by atoms with Crippen LogP contribution in [0, 0.1) is 5.92 Å². The number of ether oxygens (including phenoxy) is 1. The van der Waals surface area contributed by atoms with Crippen LogP contribution in [0.3, 0.4) is 0 Å². The Kier molecular flexibility index (Phi) is 4.58. The lowest BCUT2D eigenvalue weighted by Gasteiger charge is -2.63. The van der Waals surface area contributed by atoms with Crippen molar-refractivity contribution in [2.75, 3.05) is 13.2 Å². The summed E-state index contributed by atoms with van der Waals surface area (Å²) in [6, 6.07) is 0. The van der Waals surface area contributed by atoms with Crippen molar-refractivity contribution in [2.24, 2.45) is 11.7 Å². The molecule has 0 aromatic rings. The monoisotopic (exact) mass is 339 g/mol. The fraction of sp³-hybridized carbons (Fsp3) is 1.00. The minimum absolute atomic E-state index is 0.308. The minimum Gasteiger partial charge on any atom is -0.393 e. The van der Waals surface area contributed by atoms with Gasteiger partial charge < -0.3 is 45.6 Å². The summed E-state index contributed by atoms with van der Waals surface area (Å²) in [4.78, 5) is 0. The van der Waals surface area contributed by atoms with E-state index in [1.54, 1.807) is 0 Å². The van der Waals surface area contributed by atoms with Crippen molar-refractivity contribution < 1.29 is 45.6 Å². The van der Waals surface area contributed by atoms with Crippen molar-refractivity contribution in [1.29, 1.82) is 0 Å². The molecule has 23 heavy (non-hydrogen) atoms. The maximum atomic E-state index is 10.8. The number of hydrogen-bond donors (Lipinski definition) is 9. The Labute approximate surface area is 132 Å². The van der Waals surface area contributed by atoms with Crippen LogP contribution in [0.15, 0.2) is 0 Å². The van der Waals surface area contributed by atoms with E-state index in [9.17, 15) is 40.9 Å². The van der Waals surface area contributed by atoms with Crippen LogP contribution in [0.25, 0.3) is 0 Å². The van der Waals surface area contributed by atoms with Crippen LogP contribution in [0.4, 0.5) is 0 Å². The van der Waals surface area contributed by atoms with Gasteiger partial charge in [-0.1, -0.05) is 19.3 Å². The van der Waals surface area contributed by atoms with Gasteiger partial charge in [-0.25, -0.2) is 0 Å². The van der Waals surface area contributed by atoms with Crippen LogP contribution < -0.4 is 5.73 Å². The SMILES string of the molecule is N[C@]1(O)C(O)(C2CCCCC2)OC(CO)(CO)C(O)(O)C1(O)O. The van der Waals surface area contributed by atoms with Gasteiger partial charge in [0.05, 0.1) is 13.2 Å². The number of hydrogen-bond acceptors (Lipinski definition) is 10. The second kappa shape index (κ2) is 5.56. The Bertz CT molecular complexity index is 439. The Morgan fingerprint density at radius 3 is 1.74 bits per heavy atom. The molecule has 0 amide bonds. The van der Waals surface area contributed by atoms with Gasteiger partial charge in [0.1, 0.15) is 0 Å². The predicted molar refractivity (Wildman–Crippen MR) is 73.0 cm³/mol. The smallest absolute Gasteiger partial charge is 0.271 e. The molecule has 0 radical (unpaired) electrons. The quantitative estimate of drug-likeness (QED) is 0.228. The van der Waals surface area contributed by atoms with Crippen molar-refractivity contribution in [3.63, 3.8) is 0 Å². The molecule has 10 nitrogen and oxygen atoms in total. The molecule has 0 aromatic heterocycles. The lowest BCUT2D eigenvalue weighted by atomic mass is 9.68. The Hall–Kier alpha value is -0.400. The molecule has 10 N–H and O–H groups in total. The first-order valence-corrected chi connectivity index (χ1v) is 7.48. The molecule has 10 heteroatoms. The van der Waals surface area contributed by atoms with Gasteiger partial charge >= 0.3 is 0 Å². The highest BCUT2D eigenvalue weighted by atomic mass is 16.7. The largest absolute Gasteiger partial charge is 0.393 e. The van der Waals surface area contributed by atoms with Gasteiger partial charge in [0, 0.05) is 5.92 Å². The van der Waals surface area contributed by atoms with E-state index in [1.165, 1.54) is 0 Å². The van der Waals surface area contributed by atoms with Gasteiger partial charge in [-0.15, -0.1) is 0 Å². The Balaban J connectivity index is 2.59. The van der Waals surface area contributed by atoms with Crippen LogP contribution in [-0.2, 0) is 4.74 Å². The molecular formula is C13H25NO9. The Morgan fingerprint density at radius 1 is 0.826 bits per heavy atom. The molecule has 1 aliphatic heterocycles. The zero-order valence-electron chi connectivity index (χ0n) is 12.6. The zero-order chi connectivity index (χ0) is 17.7. The van der Waals surface area contributed by atoms with Crippen LogP contribution in [0.1, 0.15) is 32.1 Å². The number of nitrogens with two attached hydrogens (primary N) is 1. The molecule has 0 aromatic carbocycles. The van der Waals surface area contributed by atoms with E-state index in [0.29, 0.717) is 25.7 Å². The fourth-order valence-electron chi connectivity index (χ4n) is 3.50. The van der Waals surface area contributed by atoms with E-state index < -0.39 is 47.8 Å². The number of aliphatic hydroxyl groups is 8. The summed E-state index contributed by atoms with van der Waals surface area (Å²) in [5.41, 5.74) is -0.719. The molecule has 2 rings (SSSR count). The molecule has 0 spiro atoms. The summed E-state index contributed by atoms with van der Waals surface area (Å²) >= 11 is 0.